The number of nitrogens with one attached hydrogen (secondary N) is 2. The third kappa shape index (κ3) is 3.69. The summed E-state index contributed by atoms with van der Waals surface area (Å²) in [5.74, 6) is 0.625. The van der Waals surface area contributed by atoms with Gasteiger partial charge in [0.2, 0.25) is 10.0 Å². The Balaban J connectivity index is 2.11. The van der Waals surface area contributed by atoms with E-state index < -0.39 is 10.0 Å². The first-order chi connectivity index (χ1) is 9.94. The standard InChI is InChI=1S/C14H19N3O3S/c1-10-14(11(2)20-17-10)9-16-21(18,19)13-6-4-12(5-7-13)8-15-3/h4-7,15-16H,8-9H2,1-3H3. The largest absolute Gasteiger partial charge is 0.361 e. The molecular formula is C14H19N3O3S. The van der Waals surface area contributed by atoms with E-state index in [0.717, 1.165) is 11.1 Å². The lowest BCUT2D eigenvalue weighted by molar-refractivity contribution is 0.392. The van der Waals surface area contributed by atoms with Gasteiger partial charge in [0.1, 0.15) is 5.76 Å². The van der Waals surface area contributed by atoms with Crippen LogP contribution in [-0.4, -0.2) is 20.6 Å². The smallest absolute Gasteiger partial charge is 0.240 e. The normalized spacial score (nSPS) is 11.8. The Hall–Kier alpha value is -1.70. The highest BCUT2D eigenvalue weighted by Gasteiger charge is 2.16. The van der Waals surface area contributed by atoms with Crippen LogP contribution in [0.1, 0.15) is 22.6 Å². The molecule has 0 aliphatic carbocycles. The maximum atomic E-state index is 12.2. The molecular weight excluding hydrogens is 290 g/mol. The van der Waals surface area contributed by atoms with Gasteiger partial charge in [0.25, 0.3) is 0 Å². The maximum Gasteiger partial charge on any atom is 0.240 e. The van der Waals surface area contributed by atoms with Crippen LogP contribution < -0.4 is 10.0 Å². The van der Waals surface area contributed by atoms with Gasteiger partial charge < -0.3 is 9.84 Å². The Kier molecular flexibility index (Phi) is 4.76. The SMILES string of the molecule is CNCc1ccc(S(=O)(=O)NCc2c(C)noc2C)cc1. The molecule has 1 aromatic heterocycles. The molecule has 0 unspecified atom stereocenters. The van der Waals surface area contributed by atoms with Gasteiger partial charge in [-0.05, 0) is 38.6 Å². The van der Waals surface area contributed by atoms with Crippen molar-refractivity contribution in [2.45, 2.75) is 31.8 Å². The van der Waals surface area contributed by atoms with Crippen LogP contribution in [0.3, 0.4) is 0 Å². The number of sulfonamides is 1. The fourth-order valence-corrected chi connectivity index (χ4v) is 2.99. The number of aryl methyl sites for hydroxylation is 2. The molecule has 0 bridgehead atoms. The summed E-state index contributed by atoms with van der Waals surface area (Å²) in [5.41, 5.74) is 2.49. The van der Waals surface area contributed by atoms with Gasteiger partial charge in [-0.15, -0.1) is 0 Å². The van der Waals surface area contributed by atoms with Crippen molar-refractivity contribution in [2.75, 3.05) is 7.05 Å². The number of benzene rings is 1. The Morgan fingerprint density at radius 2 is 1.81 bits per heavy atom. The minimum absolute atomic E-state index is 0.168. The molecule has 0 spiro atoms. The number of hydrogen-bond donors (Lipinski definition) is 2. The molecule has 1 heterocycles. The lowest BCUT2D eigenvalue weighted by atomic mass is 10.2. The zero-order chi connectivity index (χ0) is 15.5. The van der Waals surface area contributed by atoms with Gasteiger partial charge in [-0.3, -0.25) is 0 Å². The van der Waals surface area contributed by atoms with Gasteiger partial charge in [0, 0.05) is 18.7 Å². The van der Waals surface area contributed by atoms with E-state index in [1.807, 2.05) is 7.05 Å². The summed E-state index contributed by atoms with van der Waals surface area (Å²) >= 11 is 0. The number of aromatic nitrogens is 1. The van der Waals surface area contributed by atoms with Crippen molar-refractivity contribution >= 4 is 10.0 Å². The Labute approximate surface area is 124 Å². The van der Waals surface area contributed by atoms with Crippen LogP contribution >= 0.6 is 0 Å². The molecule has 2 aromatic rings. The van der Waals surface area contributed by atoms with Crippen LogP contribution in [0, 0.1) is 13.8 Å². The molecule has 2 N–H and O–H groups in total. The summed E-state index contributed by atoms with van der Waals surface area (Å²) in [4.78, 5) is 0.245. The first kappa shape index (κ1) is 15.7. The van der Waals surface area contributed by atoms with E-state index in [-0.39, 0.29) is 11.4 Å². The summed E-state index contributed by atoms with van der Waals surface area (Å²) in [5, 5.41) is 6.82. The van der Waals surface area contributed by atoms with Gasteiger partial charge in [-0.2, -0.15) is 0 Å². The van der Waals surface area contributed by atoms with Gasteiger partial charge in [-0.1, -0.05) is 17.3 Å². The van der Waals surface area contributed by atoms with E-state index in [9.17, 15) is 8.42 Å². The summed E-state index contributed by atoms with van der Waals surface area (Å²) in [6.45, 7) is 4.41. The first-order valence-corrected chi connectivity index (χ1v) is 8.07. The van der Waals surface area contributed by atoms with Crippen molar-refractivity contribution in [3.05, 3.63) is 46.8 Å². The number of rotatable bonds is 6. The minimum atomic E-state index is -3.54. The molecule has 0 fully saturated rings. The molecule has 0 radical (unpaired) electrons. The van der Waals surface area contributed by atoms with Crippen molar-refractivity contribution in [2.24, 2.45) is 0 Å². The predicted molar refractivity (Wildman–Crippen MR) is 79.2 cm³/mol. The highest BCUT2D eigenvalue weighted by atomic mass is 32.2. The second-order valence-corrected chi connectivity index (χ2v) is 6.57. The van der Waals surface area contributed by atoms with Crippen LogP contribution in [0.15, 0.2) is 33.7 Å². The third-order valence-electron chi connectivity index (χ3n) is 3.23. The molecule has 0 aliphatic rings. The molecule has 1 aromatic carbocycles. The third-order valence-corrected chi connectivity index (χ3v) is 4.65. The molecule has 7 heteroatoms. The Bertz CT molecular complexity index is 686. The monoisotopic (exact) mass is 309 g/mol. The number of nitrogens with zero attached hydrogens (tertiary/aromatic N) is 1. The van der Waals surface area contributed by atoms with Crippen molar-refractivity contribution in [1.82, 2.24) is 15.2 Å². The summed E-state index contributed by atoms with van der Waals surface area (Å²) in [6.07, 6.45) is 0. The van der Waals surface area contributed by atoms with E-state index in [4.69, 9.17) is 4.52 Å². The summed E-state index contributed by atoms with van der Waals surface area (Å²) in [6, 6.07) is 6.78. The van der Waals surface area contributed by atoms with Crippen molar-refractivity contribution in [3.63, 3.8) is 0 Å². The van der Waals surface area contributed by atoms with Crippen LogP contribution in [0.25, 0.3) is 0 Å². The fourth-order valence-electron chi connectivity index (χ4n) is 2.00. The van der Waals surface area contributed by atoms with Crippen LogP contribution in [0.2, 0.25) is 0 Å². The quantitative estimate of drug-likeness (QED) is 0.844. The molecule has 114 valence electrons. The first-order valence-electron chi connectivity index (χ1n) is 6.59. The summed E-state index contributed by atoms with van der Waals surface area (Å²) < 4.78 is 32.1. The second-order valence-electron chi connectivity index (χ2n) is 4.80. The van der Waals surface area contributed by atoms with Crippen LogP contribution in [-0.2, 0) is 23.1 Å². The van der Waals surface area contributed by atoms with Gasteiger partial charge in [0.15, 0.2) is 0 Å². The molecule has 0 amide bonds. The average molecular weight is 309 g/mol. The molecule has 6 nitrogen and oxygen atoms in total. The highest BCUT2D eigenvalue weighted by Crippen LogP contribution is 2.15. The van der Waals surface area contributed by atoms with E-state index in [1.54, 1.807) is 38.1 Å². The molecule has 0 saturated carbocycles. The lowest BCUT2D eigenvalue weighted by Crippen LogP contribution is -2.23. The van der Waals surface area contributed by atoms with Gasteiger partial charge in [-0.25, -0.2) is 13.1 Å². The fraction of sp³-hybridized carbons (Fsp3) is 0.357. The molecule has 2 rings (SSSR count). The maximum absolute atomic E-state index is 12.2. The van der Waals surface area contributed by atoms with Crippen LogP contribution in [0.5, 0.6) is 0 Å². The number of hydrogen-bond acceptors (Lipinski definition) is 5. The Morgan fingerprint density at radius 1 is 1.14 bits per heavy atom. The predicted octanol–water partition coefficient (Wildman–Crippen LogP) is 1.49. The van der Waals surface area contributed by atoms with E-state index >= 15 is 0 Å². The minimum Gasteiger partial charge on any atom is -0.361 e. The van der Waals surface area contributed by atoms with Crippen LogP contribution in [0.4, 0.5) is 0 Å². The second kappa shape index (κ2) is 6.38. The highest BCUT2D eigenvalue weighted by molar-refractivity contribution is 7.89. The van der Waals surface area contributed by atoms with E-state index in [0.29, 0.717) is 18.0 Å². The van der Waals surface area contributed by atoms with Crippen molar-refractivity contribution < 1.29 is 12.9 Å². The Morgan fingerprint density at radius 3 is 2.33 bits per heavy atom. The zero-order valence-corrected chi connectivity index (χ0v) is 13.1. The van der Waals surface area contributed by atoms with Crippen molar-refractivity contribution in [1.29, 1.82) is 0 Å². The average Bonchev–Trinajstić information content (AvgIpc) is 2.77. The van der Waals surface area contributed by atoms with Gasteiger partial charge in [0.05, 0.1) is 10.6 Å². The molecule has 21 heavy (non-hydrogen) atoms. The van der Waals surface area contributed by atoms with Gasteiger partial charge >= 0.3 is 0 Å². The molecule has 0 saturated heterocycles. The molecule has 0 aliphatic heterocycles. The van der Waals surface area contributed by atoms with E-state index in [1.165, 1.54) is 0 Å². The molecule has 0 atom stereocenters. The van der Waals surface area contributed by atoms with Crippen molar-refractivity contribution in [3.8, 4) is 0 Å². The lowest BCUT2D eigenvalue weighted by Gasteiger charge is -2.07. The van der Waals surface area contributed by atoms with E-state index in [2.05, 4.69) is 15.2 Å². The summed E-state index contributed by atoms with van der Waals surface area (Å²) in [7, 11) is -1.70. The topological polar surface area (TPSA) is 84.2 Å². The zero-order valence-electron chi connectivity index (χ0n) is 12.3.